The summed E-state index contributed by atoms with van der Waals surface area (Å²) in [5, 5.41) is 0.949. The monoisotopic (exact) mass is 434 g/mol. The summed E-state index contributed by atoms with van der Waals surface area (Å²) in [5.41, 5.74) is 0.0862. The molecular formula is C26H36F2OS. The molecule has 4 rings (SSSR count). The summed E-state index contributed by atoms with van der Waals surface area (Å²) in [5.74, 6) is 3.68. The van der Waals surface area contributed by atoms with E-state index >= 15 is 0 Å². The minimum atomic E-state index is -2.50. The number of ether oxygens (including phenoxy) is 1. The largest absolute Gasteiger partial charge is 0.493 e. The smallest absolute Gasteiger partial charge is 0.268 e. The van der Waals surface area contributed by atoms with E-state index in [9.17, 15) is 8.78 Å². The molecule has 1 nitrogen and oxygen atoms in total. The zero-order valence-corrected chi connectivity index (χ0v) is 19.3. The topological polar surface area (TPSA) is 9.23 Å². The first-order valence-corrected chi connectivity index (χ1v) is 12.9. The van der Waals surface area contributed by atoms with Gasteiger partial charge in [-0.25, -0.2) is 8.78 Å². The Bertz CT molecular complexity index is 814. The number of rotatable bonds is 7. The molecule has 0 atom stereocenters. The van der Waals surface area contributed by atoms with Gasteiger partial charge in [0, 0.05) is 9.58 Å². The van der Waals surface area contributed by atoms with E-state index in [-0.39, 0.29) is 5.56 Å². The number of thiophene rings is 1. The molecule has 0 radical (unpaired) electrons. The Hall–Kier alpha value is -1.16. The zero-order valence-electron chi connectivity index (χ0n) is 18.5. The summed E-state index contributed by atoms with van der Waals surface area (Å²) < 4.78 is 33.8. The third-order valence-corrected chi connectivity index (χ3v) is 9.00. The van der Waals surface area contributed by atoms with E-state index in [0.717, 1.165) is 27.8 Å². The molecule has 1 heterocycles. The molecule has 0 spiro atoms. The zero-order chi connectivity index (χ0) is 21.1. The lowest BCUT2D eigenvalue weighted by Crippen LogP contribution is -2.25. The molecule has 0 N–H and O–H groups in total. The Morgan fingerprint density at radius 2 is 1.63 bits per heavy atom. The van der Waals surface area contributed by atoms with Gasteiger partial charge in [0.15, 0.2) is 0 Å². The fourth-order valence-corrected chi connectivity index (χ4v) is 7.42. The van der Waals surface area contributed by atoms with Gasteiger partial charge in [0.05, 0.1) is 12.2 Å². The van der Waals surface area contributed by atoms with Gasteiger partial charge in [-0.3, -0.25) is 0 Å². The number of fused-ring (bicyclic) bond motifs is 1. The third-order valence-electron chi connectivity index (χ3n) is 7.65. The van der Waals surface area contributed by atoms with Gasteiger partial charge < -0.3 is 4.74 Å². The summed E-state index contributed by atoms with van der Waals surface area (Å²) in [7, 11) is 0. The van der Waals surface area contributed by atoms with Crippen molar-refractivity contribution in [3.8, 4) is 5.75 Å². The first-order valence-electron chi connectivity index (χ1n) is 12.1. The maximum atomic E-state index is 13.8. The third kappa shape index (κ3) is 4.69. The first-order chi connectivity index (χ1) is 14.6. The lowest BCUT2D eigenvalue weighted by atomic mass is 9.68. The molecule has 1 aromatic carbocycles. The summed E-state index contributed by atoms with van der Waals surface area (Å²) >= 11 is 1.58. The summed E-state index contributed by atoms with van der Waals surface area (Å²) in [6.45, 7) is 4.56. The van der Waals surface area contributed by atoms with Crippen LogP contribution in [0.25, 0.3) is 10.1 Å². The average Bonchev–Trinajstić information content (AvgIpc) is 3.19. The Balaban J connectivity index is 1.42. The van der Waals surface area contributed by atoms with Crippen molar-refractivity contribution in [1.29, 1.82) is 0 Å². The van der Waals surface area contributed by atoms with Crippen molar-refractivity contribution >= 4 is 21.4 Å². The van der Waals surface area contributed by atoms with Crippen LogP contribution >= 0.6 is 11.3 Å². The van der Waals surface area contributed by atoms with Gasteiger partial charge in [-0.2, -0.15) is 0 Å². The predicted molar refractivity (Wildman–Crippen MR) is 123 cm³/mol. The minimum Gasteiger partial charge on any atom is -0.493 e. The van der Waals surface area contributed by atoms with Gasteiger partial charge in [-0.1, -0.05) is 32.6 Å². The van der Waals surface area contributed by atoms with Crippen LogP contribution in [0.5, 0.6) is 5.75 Å². The van der Waals surface area contributed by atoms with Crippen LogP contribution in [0.15, 0.2) is 18.2 Å². The van der Waals surface area contributed by atoms with Gasteiger partial charge in [-0.15, -0.1) is 11.3 Å². The van der Waals surface area contributed by atoms with Crippen molar-refractivity contribution in [2.75, 3.05) is 6.61 Å². The average molecular weight is 435 g/mol. The van der Waals surface area contributed by atoms with Crippen LogP contribution in [-0.4, -0.2) is 6.61 Å². The minimum absolute atomic E-state index is 0.0862. The molecule has 0 amide bonds. The van der Waals surface area contributed by atoms with Crippen molar-refractivity contribution in [1.82, 2.24) is 0 Å². The molecule has 4 heteroatoms. The Kier molecular flexibility index (Phi) is 7.33. The fraction of sp³-hybridized carbons (Fsp3) is 0.692. The Morgan fingerprint density at radius 3 is 2.23 bits per heavy atom. The molecule has 2 aliphatic rings. The Morgan fingerprint density at radius 1 is 0.967 bits per heavy atom. The van der Waals surface area contributed by atoms with E-state index in [4.69, 9.17) is 4.74 Å². The lowest BCUT2D eigenvalue weighted by molar-refractivity contribution is 0.147. The van der Waals surface area contributed by atoms with Crippen LogP contribution in [0.2, 0.25) is 0 Å². The van der Waals surface area contributed by atoms with E-state index in [1.807, 2.05) is 13.0 Å². The maximum absolute atomic E-state index is 13.8. The van der Waals surface area contributed by atoms with Crippen molar-refractivity contribution in [2.24, 2.45) is 17.8 Å². The van der Waals surface area contributed by atoms with Crippen molar-refractivity contribution < 1.29 is 13.5 Å². The van der Waals surface area contributed by atoms with E-state index in [0.29, 0.717) is 18.3 Å². The van der Waals surface area contributed by atoms with E-state index < -0.39 is 6.43 Å². The molecular weight excluding hydrogens is 398 g/mol. The van der Waals surface area contributed by atoms with Gasteiger partial charge in [-0.05, 0) is 92.7 Å². The summed E-state index contributed by atoms with van der Waals surface area (Å²) in [6.07, 6.45) is 11.0. The van der Waals surface area contributed by atoms with Crippen molar-refractivity contribution in [2.45, 2.75) is 90.4 Å². The highest BCUT2D eigenvalue weighted by Crippen LogP contribution is 2.48. The number of halogens is 2. The van der Waals surface area contributed by atoms with Crippen LogP contribution in [0, 0.1) is 17.8 Å². The lowest BCUT2D eigenvalue weighted by Gasteiger charge is -2.37. The molecule has 1 aromatic heterocycles. The van der Waals surface area contributed by atoms with Gasteiger partial charge in [0.2, 0.25) is 0 Å². The standard InChI is InChI=1S/C26H36F2OS/c1-3-5-17-6-8-18(9-7-17)19-10-12-20(13-11-19)23-16-21-14-15-22(29-4-2)24(26(27)28)25(21)30-23/h14-20,26H,3-13H2,1-2H3. The van der Waals surface area contributed by atoms with Crippen molar-refractivity contribution in [3.05, 3.63) is 28.6 Å². The summed E-state index contributed by atoms with van der Waals surface area (Å²) in [6, 6.07) is 5.84. The van der Waals surface area contributed by atoms with Crippen LogP contribution < -0.4 is 4.74 Å². The highest BCUT2D eigenvalue weighted by atomic mass is 32.1. The van der Waals surface area contributed by atoms with Crippen molar-refractivity contribution in [3.63, 3.8) is 0 Å². The van der Waals surface area contributed by atoms with E-state index in [1.54, 1.807) is 17.4 Å². The second-order valence-electron chi connectivity index (χ2n) is 9.46. The highest BCUT2D eigenvalue weighted by molar-refractivity contribution is 7.19. The quantitative estimate of drug-likeness (QED) is 0.422. The molecule has 166 valence electrons. The Labute approximate surface area is 184 Å². The normalized spacial score (nSPS) is 27.6. The highest BCUT2D eigenvalue weighted by Gasteiger charge is 2.32. The second-order valence-corrected chi connectivity index (χ2v) is 10.5. The van der Waals surface area contributed by atoms with Gasteiger partial charge >= 0.3 is 0 Å². The van der Waals surface area contributed by atoms with Gasteiger partial charge in [0.1, 0.15) is 5.75 Å². The molecule has 2 saturated carbocycles. The molecule has 2 aromatic rings. The predicted octanol–water partition coefficient (Wildman–Crippen LogP) is 9.12. The number of hydrogen-bond donors (Lipinski definition) is 0. The molecule has 2 aliphatic carbocycles. The fourth-order valence-electron chi connectivity index (χ4n) is 6.05. The number of hydrogen-bond acceptors (Lipinski definition) is 2. The summed E-state index contributed by atoms with van der Waals surface area (Å²) in [4.78, 5) is 1.30. The SMILES string of the molecule is CCCC1CCC(C2CCC(c3cc4ccc(OCC)c(C(F)F)c4s3)CC2)CC1. The molecule has 30 heavy (non-hydrogen) atoms. The second kappa shape index (κ2) is 9.97. The number of benzene rings is 1. The van der Waals surface area contributed by atoms with Gasteiger partial charge in [0.25, 0.3) is 6.43 Å². The van der Waals surface area contributed by atoms with Crippen LogP contribution in [0.4, 0.5) is 8.78 Å². The molecule has 0 saturated heterocycles. The molecule has 0 unspecified atom stereocenters. The van der Waals surface area contributed by atoms with Crippen LogP contribution in [-0.2, 0) is 0 Å². The molecule has 0 aliphatic heterocycles. The maximum Gasteiger partial charge on any atom is 0.268 e. The van der Waals surface area contributed by atoms with E-state index in [1.165, 1.54) is 69.1 Å². The molecule has 0 bridgehead atoms. The first kappa shape index (κ1) is 22.0. The molecule has 2 fully saturated rings. The van der Waals surface area contributed by atoms with E-state index in [2.05, 4.69) is 13.0 Å². The van der Waals surface area contributed by atoms with Crippen LogP contribution in [0.3, 0.4) is 0 Å². The van der Waals surface area contributed by atoms with Crippen LogP contribution in [0.1, 0.15) is 101 Å². The number of alkyl halides is 2.